The third kappa shape index (κ3) is 3.71. The van der Waals surface area contributed by atoms with E-state index in [9.17, 15) is 13.2 Å². The van der Waals surface area contributed by atoms with Crippen molar-refractivity contribution in [1.29, 1.82) is 0 Å². The number of carbonyl (C=O) groups is 1. The summed E-state index contributed by atoms with van der Waals surface area (Å²) in [5.41, 5.74) is 0.828. The zero-order chi connectivity index (χ0) is 16.2. The van der Waals surface area contributed by atoms with E-state index in [-0.39, 0.29) is 29.7 Å². The highest BCUT2D eigenvalue weighted by Crippen LogP contribution is 2.18. The van der Waals surface area contributed by atoms with Crippen molar-refractivity contribution in [2.75, 3.05) is 13.1 Å². The Bertz CT molecular complexity index is 734. The van der Waals surface area contributed by atoms with Crippen LogP contribution in [0.2, 0.25) is 0 Å². The third-order valence-electron chi connectivity index (χ3n) is 2.98. The number of hydrogen-bond acceptors (Lipinski definition) is 5. The van der Waals surface area contributed by atoms with Crippen LogP contribution in [0.3, 0.4) is 0 Å². The summed E-state index contributed by atoms with van der Waals surface area (Å²) in [6.07, 6.45) is 0. The molecule has 7 nitrogen and oxygen atoms in total. The summed E-state index contributed by atoms with van der Waals surface area (Å²) in [6.45, 7) is 3.34. The van der Waals surface area contributed by atoms with Gasteiger partial charge in [0.05, 0.1) is 0 Å². The number of hydrogen-bond donors (Lipinski definition) is 2. The lowest BCUT2D eigenvalue weighted by atomic mass is 10.2. The molecule has 22 heavy (non-hydrogen) atoms. The minimum atomic E-state index is -3.70. The van der Waals surface area contributed by atoms with Gasteiger partial charge in [0.25, 0.3) is 5.91 Å². The van der Waals surface area contributed by atoms with Crippen molar-refractivity contribution >= 4 is 15.9 Å². The van der Waals surface area contributed by atoms with Gasteiger partial charge in [-0.2, -0.15) is 0 Å². The first-order chi connectivity index (χ1) is 10.4. The Labute approximate surface area is 128 Å². The van der Waals surface area contributed by atoms with Crippen LogP contribution in [0.25, 0.3) is 0 Å². The van der Waals surface area contributed by atoms with Gasteiger partial charge in [-0.05, 0) is 26.0 Å². The Morgan fingerprint density at radius 3 is 2.45 bits per heavy atom. The molecule has 0 spiro atoms. The summed E-state index contributed by atoms with van der Waals surface area (Å²) >= 11 is 0. The number of sulfonamides is 1. The molecule has 0 saturated carbocycles. The van der Waals surface area contributed by atoms with Crippen LogP contribution in [0.4, 0.5) is 0 Å². The summed E-state index contributed by atoms with van der Waals surface area (Å²) < 4.78 is 31.5. The Hall–Kier alpha value is -2.19. The molecule has 0 radical (unpaired) electrons. The molecule has 0 unspecified atom stereocenters. The zero-order valence-electron chi connectivity index (χ0n) is 12.3. The van der Waals surface area contributed by atoms with Gasteiger partial charge in [0.2, 0.25) is 10.0 Å². The van der Waals surface area contributed by atoms with E-state index in [2.05, 4.69) is 15.2 Å². The second-order valence-corrected chi connectivity index (χ2v) is 6.38. The molecule has 2 N–H and O–H groups in total. The molecule has 0 aliphatic rings. The van der Waals surface area contributed by atoms with Crippen LogP contribution in [0, 0.1) is 13.8 Å². The van der Waals surface area contributed by atoms with Gasteiger partial charge >= 0.3 is 0 Å². The minimum absolute atomic E-state index is 0.0434. The molecule has 2 rings (SSSR count). The van der Waals surface area contributed by atoms with Gasteiger partial charge in [0, 0.05) is 18.7 Å². The van der Waals surface area contributed by atoms with Crippen molar-refractivity contribution in [2.45, 2.75) is 18.7 Å². The largest absolute Gasteiger partial charge is 0.360 e. The summed E-state index contributed by atoms with van der Waals surface area (Å²) in [4.78, 5) is 11.8. The number of amides is 1. The number of aromatic nitrogens is 1. The predicted molar refractivity (Wildman–Crippen MR) is 79.9 cm³/mol. The van der Waals surface area contributed by atoms with Crippen molar-refractivity contribution in [2.24, 2.45) is 0 Å². The maximum absolute atomic E-state index is 12.1. The van der Waals surface area contributed by atoms with Gasteiger partial charge < -0.3 is 9.84 Å². The molecule has 0 aliphatic heterocycles. The van der Waals surface area contributed by atoms with E-state index in [1.165, 1.54) is 6.92 Å². The van der Waals surface area contributed by atoms with Crippen molar-refractivity contribution in [3.05, 3.63) is 47.3 Å². The highest BCUT2D eigenvalue weighted by Gasteiger charge is 2.23. The van der Waals surface area contributed by atoms with E-state index >= 15 is 0 Å². The third-order valence-corrected chi connectivity index (χ3v) is 4.68. The number of nitrogens with one attached hydrogen (secondary N) is 2. The fourth-order valence-corrected chi connectivity index (χ4v) is 3.34. The number of rotatable bonds is 6. The number of carbonyl (C=O) groups excluding carboxylic acids is 1. The molecule has 8 heteroatoms. The fraction of sp³-hybridized carbons (Fsp3) is 0.286. The minimum Gasteiger partial charge on any atom is -0.360 e. The SMILES string of the molecule is Cc1noc(C)c1S(=O)(=O)NCCNC(=O)c1ccccc1. The summed E-state index contributed by atoms with van der Waals surface area (Å²) in [7, 11) is -3.70. The standard InChI is InChI=1S/C14H17N3O4S/c1-10-13(11(2)21-17-10)22(19,20)16-9-8-15-14(18)12-6-4-3-5-7-12/h3-7,16H,8-9H2,1-2H3,(H,15,18). The average Bonchev–Trinajstić information content (AvgIpc) is 2.84. The maximum Gasteiger partial charge on any atom is 0.251 e. The predicted octanol–water partition coefficient (Wildman–Crippen LogP) is 1.000. The van der Waals surface area contributed by atoms with Crippen LogP contribution in [0.15, 0.2) is 39.8 Å². The zero-order valence-corrected chi connectivity index (χ0v) is 13.1. The molecular weight excluding hydrogens is 306 g/mol. The van der Waals surface area contributed by atoms with Crippen LogP contribution in [0.1, 0.15) is 21.8 Å². The summed E-state index contributed by atoms with van der Waals surface area (Å²) in [5, 5.41) is 6.26. The van der Waals surface area contributed by atoms with Crippen molar-refractivity contribution in [3.8, 4) is 0 Å². The van der Waals surface area contributed by atoms with Crippen LogP contribution >= 0.6 is 0 Å². The van der Waals surface area contributed by atoms with Gasteiger partial charge in [-0.25, -0.2) is 13.1 Å². The molecule has 1 aromatic carbocycles. The second kappa shape index (κ2) is 6.71. The lowest BCUT2D eigenvalue weighted by Gasteiger charge is -2.07. The molecule has 0 aliphatic carbocycles. The number of benzene rings is 1. The number of nitrogens with zero attached hydrogens (tertiary/aromatic N) is 1. The summed E-state index contributed by atoms with van der Waals surface area (Å²) in [5.74, 6) is -0.0181. The van der Waals surface area contributed by atoms with E-state index in [0.717, 1.165) is 0 Å². The van der Waals surface area contributed by atoms with Gasteiger partial charge in [-0.1, -0.05) is 23.4 Å². The lowest BCUT2D eigenvalue weighted by molar-refractivity contribution is 0.0954. The quantitative estimate of drug-likeness (QED) is 0.772. The van der Waals surface area contributed by atoms with Gasteiger partial charge in [-0.3, -0.25) is 4.79 Å². The van der Waals surface area contributed by atoms with E-state index in [1.807, 2.05) is 6.07 Å². The Morgan fingerprint density at radius 2 is 1.86 bits per heavy atom. The second-order valence-electron chi connectivity index (χ2n) is 4.67. The van der Waals surface area contributed by atoms with Crippen LogP contribution in [0.5, 0.6) is 0 Å². The molecule has 0 atom stereocenters. The Morgan fingerprint density at radius 1 is 1.18 bits per heavy atom. The molecule has 2 aromatic rings. The highest BCUT2D eigenvalue weighted by molar-refractivity contribution is 7.89. The van der Waals surface area contributed by atoms with Crippen molar-refractivity contribution < 1.29 is 17.7 Å². The molecule has 1 aromatic heterocycles. The van der Waals surface area contributed by atoms with E-state index < -0.39 is 10.0 Å². The molecule has 0 bridgehead atoms. The molecule has 118 valence electrons. The van der Waals surface area contributed by atoms with E-state index in [0.29, 0.717) is 11.3 Å². The van der Waals surface area contributed by atoms with Crippen molar-refractivity contribution in [1.82, 2.24) is 15.2 Å². The Balaban J connectivity index is 1.88. The van der Waals surface area contributed by atoms with E-state index in [4.69, 9.17) is 4.52 Å². The van der Waals surface area contributed by atoms with Crippen LogP contribution in [-0.2, 0) is 10.0 Å². The summed E-state index contributed by atoms with van der Waals surface area (Å²) in [6, 6.07) is 8.70. The highest BCUT2D eigenvalue weighted by atomic mass is 32.2. The van der Waals surface area contributed by atoms with Gasteiger partial charge in [-0.15, -0.1) is 0 Å². The monoisotopic (exact) mass is 323 g/mol. The number of aryl methyl sites for hydroxylation is 2. The maximum atomic E-state index is 12.1. The average molecular weight is 323 g/mol. The van der Waals surface area contributed by atoms with Crippen LogP contribution < -0.4 is 10.0 Å². The normalized spacial score (nSPS) is 11.4. The smallest absolute Gasteiger partial charge is 0.251 e. The first-order valence-electron chi connectivity index (χ1n) is 6.67. The molecule has 1 heterocycles. The molecular formula is C14H17N3O4S. The first-order valence-corrected chi connectivity index (χ1v) is 8.16. The van der Waals surface area contributed by atoms with Gasteiger partial charge in [0.15, 0.2) is 5.76 Å². The molecule has 0 fully saturated rings. The van der Waals surface area contributed by atoms with Gasteiger partial charge in [0.1, 0.15) is 10.6 Å². The molecule has 1 amide bonds. The first kappa shape index (κ1) is 16.2. The molecule has 0 saturated heterocycles. The van der Waals surface area contributed by atoms with E-state index in [1.54, 1.807) is 31.2 Å². The van der Waals surface area contributed by atoms with Crippen molar-refractivity contribution in [3.63, 3.8) is 0 Å². The topological polar surface area (TPSA) is 101 Å². The Kier molecular flexibility index (Phi) is 4.94. The van der Waals surface area contributed by atoms with Crippen LogP contribution in [-0.4, -0.2) is 32.6 Å². The lowest BCUT2D eigenvalue weighted by Crippen LogP contribution is -2.35. The fourth-order valence-electron chi connectivity index (χ4n) is 1.98.